The van der Waals surface area contributed by atoms with Crippen LogP contribution in [-0.4, -0.2) is 23.3 Å². The minimum atomic E-state index is -0.136. The van der Waals surface area contributed by atoms with Crippen molar-refractivity contribution in [2.45, 2.75) is 26.8 Å². The Bertz CT molecular complexity index is 714. The van der Waals surface area contributed by atoms with Gasteiger partial charge in [0.05, 0.1) is 0 Å². The monoisotopic (exact) mass is 325 g/mol. The molecule has 0 unspecified atom stereocenters. The molecule has 2 rings (SSSR count). The van der Waals surface area contributed by atoms with Crippen molar-refractivity contribution in [2.24, 2.45) is 0 Å². The van der Waals surface area contributed by atoms with Crippen molar-refractivity contribution in [3.05, 3.63) is 59.7 Å². The molecule has 0 bridgehead atoms. The number of nitrogens with two attached hydrogens (primary N) is 1. The SMILES string of the molecule is CC(=O)N(CCC(=O)Nc1cc(N)ccc1C)Cc1ccccc1. The summed E-state index contributed by atoms with van der Waals surface area (Å²) in [6.07, 6.45) is 0.237. The third-order valence-electron chi connectivity index (χ3n) is 3.81. The molecule has 0 heterocycles. The first-order valence-corrected chi connectivity index (χ1v) is 7.91. The Balaban J connectivity index is 1.92. The van der Waals surface area contributed by atoms with E-state index in [0.717, 1.165) is 11.1 Å². The summed E-state index contributed by atoms with van der Waals surface area (Å²) in [5.74, 6) is -0.185. The van der Waals surface area contributed by atoms with E-state index in [-0.39, 0.29) is 18.2 Å². The summed E-state index contributed by atoms with van der Waals surface area (Å²) in [4.78, 5) is 25.6. The van der Waals surface area contributed by atoms with Gasteiger partial charge in [-0.1, -0.05) is 36.4 Å². The summed E-state index contributed by atoms with van der Waals surface area (Å²) in [6.45, 7) is 4.30. The predicted molar refractivity (Wildman–Crippen MR) is 96.4 cm³/mol. The van der Waals surface area contributed by atoms with E-state index >= 15 is 0 Å². The summed E-state index contributed by atoms with van der Waals surface area (Å²) >= 11 is 0. The second kappa shape index (κ2) is 8.15. The van der Waals surface area contributed by atoms with E-state index in [4.69, 9.17) is 5.73 Å². The average molecular weight is 325 g/mol. The van der Waals surface area contributed by atoms with Gasteiger partial charge < -0.3 is 16.0 Å². The molecule has 5 heteroatoms. The van der Waals surface area contributed by atoms with Gasteiger partial charge in [0.2, 0.25) is 11.8 Å². The number of hydrogen-bond donors (Lipinski definition) is 2. The topological polar surface area (TPSA) is 75.4 Å². The van der Waals surface area contributed by atoms with Crippen LogP contribution in [0, 0.1) is 6.92 Å². The van der Waals surface area contributed by atoms with Crippen LogP contribution in [0.25, 0.3) is 0 Å². The molecular formula is C19H23N3O2. The number of rotatable bonds is 6. The van der Waals surface area contributed by atoms with Crippen LogP contribution < -0.4 is 11.1 Å². The normalized spacial score (nSPS) is 10.2. The maximum absolute atomic E-state index is 12.2. The molecule has 0 saturated carbocycles. The van der Waals surface area contributed by atoms with Crippen molar-refractivity contribution in [1.29, 1.82) is 0 Å². The van der Waals surface area contributed by atoms with Crippen molar-refractivity contribution in [3.8, 4) is 0 Å². The molecule has 2 aromatic rings. The molecule has 24 heavy (non-hydrogen) atoms. The molecule has 0 radical (unpaired) electrons. The lowest BCUT2D eigenvalue weighted by molar-refractivity contribution is -0.129. The molecule has 0 spiro atoms. The van der Waals surface area contributed by atoms with Crippen molar-refractivity contribution in [3.63, 3.8) is 0 Å². The van der Waals surface area contributed by atoms with E-state index in [9.17, 15) is 9.59 Å². The summed E-state index contributed by atoms with van der Waals surface area (Å²) < 4.78 is 0. The van der Waals surface area contributed by atoms with Gasteiger partial charge in [-0.3, -0.25) is 9.59 Å². The Morgan fingerprint density at radius 2 is 1.83 bits per heavy atom. The van der Waals surface area contributed by atoms with Gasteiger partial charge in [-0.2, -0.15) is 0 Å². The zero-order valence-electron chi connectivity index (χ0n) is 14.1. The van der Waals surface area contributed by atoms with Gasteiger partial charge in [-0.25, -0.2) is 0 Å². The number of anilines is 2. The van der Waals surface area contributed by atoms with E-state index in [1.165, 1.54) is 6.92 Å². The Morgan fingerprint density at radius 1 is 1.12 bits per heavy atom. The first kappa shape index (κ1) is 17.5. The minimum Gasteiger partial charge on any atom is -0.399 e. The van der Waals surface area contributed by atoms with Crippen molar-refractivity contribution in [1.82, 2.24) is 4.90 Å². The van der Waals surface area contributed by atoms with Crippen molar-refractivity contribution in [2.75, 3.05) is 17.6 Å². The number of benzene rings is 2. The molecule has 0 aliphatic heterocycles. The molecule has 2 amide bonds. The lowest BCUT2D eigenvalue weighted by atomic mass is 10.1. The Hall–Kier alpha value is -2.82. The number of carbonyl (C=O) groups excluding carboxylic acids is 2. The number of hydrogen-bond acceptors (Lipinski definition) is 3. The number of aryl methyl sites for hydroxylation is 1. The van der Waals surface area contributed by atoms with Crippen LogP contribution in [0.3, 0.4) is 0 Å². The molecule has 2 aromatic carbocycles. The highest BCUT2D eigenvalue weighted by Gasteiger charge is 2.12. The maximum atomic E-state index is 12.2. The number of amides is 2. The van der Waals surface area contributed by atoms with E-state index in [0.29, 0.717) is 24.5 Å². The van der Waals surface area contributed by atoms with Crippen LogP contribution in [0.2, 0.25) is 0 Å². The van der Waals surface area contributed by atoms with Crippen molar-refractivity contribution >= 4 is 23.2 Å². The van der Waals surface area contributed by atoms with Crippen LogP contribution in [0.4, 0.5) is 11.4 Å². The fourth-order valence-electron chi connectivity index (χ4n) is 2.38. The van der Waals surface area contributed by atoms with Gasteiger partial charge in [0.25, 0.3) is 0 Å². The van der Waals surface area contributed by atoms with E-state index in [1.807, 2.05) is 43.3 Å². The highest BCUT2D eigenvalue weighted by atomic mass is 16.2. The highest BCUT2D eigenvalue weighted by molar-refractivity contribution is 5.92. The molecule has 3 N–H and O–H groups in total. The first-order valence-electron chi connectivity index (χ1n) is 7.91. The van der Waals surface area contributed by atoms with Crippen LogP contribution in [0.15, 0.2) is 48.5 Å². The van der Waals surface area contributed by atoms with Gasteiger partial charge in [0.1, 0.15) is 0 Å². The lowest BCUT2D eigenvalue weighted by Gasteiger charge is -2.21. The number of nitrogens with zero attached hydrogens (tertiary/aromatic N) is 1. The smallest absolute Gasteiger partial charge is 0.226 e. The molecule has 5 nitrogen and oxygen atoms in total. The molecule has 0 fully saturated rings. The fourth-order valence-corrected chi connectivity index (χ4v) is 2.38. The molecule has 0 saturated heterocycles. The Kier molecular flexibility index (Phi) is 5.95. The average Bonchev–Trinajstić information content (AvgIpc) is 2.55. The molecular weight excluding hydrogens is 302 g/mol. The predicted octanol–water partition coefficient (Wildman–Crippen LogP) is 2.95. The third-order valence-corrected chi connectivity index (χ3v) is 3.81. The fraction of sp³-hybridized carbons (Fsp3) is 0.263. The highest BCUT2D eigenvalue weighted by Crippen LogP contribution is 2.18. The summed E-state index contributed by atoms with van der Waals surface area (Å²) in [6, 6.07) is 15.1. The molecule has 0 aliphatic carbocycles. The second-order valence-electron chi connectivity index (χ2n) is 5.80. The van der Waals surface area contributed by atoms with Crippen LogP contribution in [0.5, 0.6) is 0 Å². The number of nitrogens with one attached hydrogen (secondary N) is 1. The number of carbonyl (C=O) groups is 2. The summed E-state index contributed by atoms with van der Waals surface area (Å²) in [5, 5.41) is 2.85. The first-order chi connectivity index (χ1) is 11.5. The standard InChI is InChI=1S/C19H23N3O2/c1-14-8-9-17(20)12-18(14)21-19(24)10-11-22(15(2)23)13-16-6-4-3-5-7-16/h3-9,12H,10-11,13,20H2,1-2H3,(H,21,24). The zero-order valence-corrected chi connectivity index (χ0v) is 14.1. The second-order valence-corrected chi connectivity index (χ2v) is 5.80. The van der Waals surface area contributed by atoms with Gasteiger partial charge in [-0.05, 0) is 30.2 Å². The molecule has 126 valence electrons. The van der Waals surface area contributed by atoms with E-state index in [2.05, 4.69) is 5.32 Å². The van der Waals surface area contributed by atoms with Crippen LogP contribution in [-0.2, 0) is 16.1 Å². The summed E-state index contributed by atoms with van der Waals surface area (Å²) in [5.41, 5.74) is 9.05. The van der Waals surface area contributed by atoms with Crippen LogP contribution in [0.1, 0.15) is 24.5 Å². The number of nitrogen functional groups attached to an aromatic ring is 1. The molecule has 0 aliphatic rings. The Labute approximate surface area is 142 Å². The quantitative estimate of drug-likeness (QED) is 0.802. The van der Waals surface area contributed by atoms with Gasteiger partial charge >= 0.3 is 0 Å². The van der Waals surface area contributed by atoms with E-state index in [1.54, 1.807) is 17.0 Å². The van der Waals surface area contributed by atoms with Gasteiger partial charge in [0.15, 0.2) is 0 Å². The zero-order chi connectivity index (χ0) is 17.5. The molecule has 0 atom stereocenters. The minimum absolute atomic E-state index is 0.0493. The summed E-state index contributed by atoms with van der Waals surface area (Å²) in [7, 11) is 0. The lowest BCUT2D eigenvalue weighted by Crippen LogP contribution is -2.31. The third kappa shape index (κ3) is 5.12. The Morgan fingerprint density at radius 3 is 2.50 bits per heavy atom. The maximum Gasteiger partial charge on any atom is 0.226 e. The van der Waals surface area contributed by atoms with Gasteiger partial charge in [0, 0.05) is 37.8 Å². The van der Waals surface area contributed by atoms with Crippen molar-refractivity contribution < 1.29 is 9.59 Å². The van der Waals surface area contributed by atoms with Crippen LogP contribution >= 0.6 is 0 Å². The van der Waals surface area contributed by atoms with E-state index < -0.39 is 0 Å². The van der Waals surface area contributed by atoms with Gasteiger partial charge in [-0.15, -0.1) is 0 Å². The molecule has 0 aromatic heterocycles. The largest absolute Gasteiger partial charge is 0.399 e.